The van der Waals surface area contributed by atoms with Gasteiger partial charge in [0, 0.05) is 12.8 Å². The Morgan fingerprint density at radius 3 is 1.49 bits per heavy atom. The number of unbranched alkanes of at least 4 members (excludes halogenated alkanes) is 22. The van der Waals surface area contributed by atoms with Crippen LogP contribution < -0.4 is 4.89 Å². The molecule has 0 fully saturated rings. The largest absolute Gasteiger partial charge is 0.756 e. The van der Waals surface area contributed by atoms with Gasteiger partial charge >= 0.3 is 11.9 Å². The van der Waals surface area contributed by atoms with Gasteiger partial charge in [-0.15, -0.1) is 0 Å². The summed E-state index contributed by atoms with van der Waals surface area (Å²) < 4.78 is 33.9. The molecule has 0 amide bonds. The quantitative estimate of drug-likeness (QED) is 0.0197. The molecule has 0 aliphatic rings. The van der Waals surface area contributed by atoms with E-state index in [1.807, 2.05) is 21.1 Å². The smallest absolute Gasteiger partial charge is 0.306 e. The number of carbonyl (C=O) groups is 2. The van der Waals surface area contributed by atoms with E-state index in [0.717, 1.165) is 57.8 Å². The number of likely N-dealkylation sites (N-methyl/N-ethyl adjacent to an activating group) is 1. The molecule has 0 spiro atoms. The molecule has 0 aromatic rings. The second-order valence-electron chi connectivity index (χ2n) is 16.7. The van der Waals surface area contributed by atoms with Crippen LogP contribution in [0.15, 0.2) is 36.5 Å². The Hall–Kier alpha value is -1.77. The Kier molecular flexibility index (Phi) is 38.4. The molecular formula is C47H88NO8P. The van der Waals surface area contributed by atoms with Gasteiger partial charge in [-0.3, -0.25) is 14.2 Å². The summed E-state index contributed by atoms with van der Waals surface area (Å²) in [5.41, 5.74) is 0. The highest BCUT2D eigenvalue weighted by Gasteiger charge is 2.21. The highest BCUT2D eigenvalue weighted by Crippen LogP contribution is 2.38. The van der Waals surface area contributed by atoms with Gasteiger partial charge in [0.15, 0.2) is 6.10 Å². The van der Waals surface area contributed by atoms with Gasteiger partial charge in [-0.1, -0.05) is 179 Å². The SMILES string of the molecule is CC/C=C\C/C=C\C/C=C\CCCCCC(=O)OC(COC(=O)CCCCCCCCCCCCCCCCCCCCCC)COP(=O)([O-])OCC[N+](C)(C)C. The van der Waals surface area contributed by atoms with E-state index in [2.05, 4.69) is 50.3 Å². The molecule has 0 heterocycles. The van der Waals surface area contributed by atoms with Gasteiger partial charge < -0.3 is 27.9 Å². The van der Waals surface area contributed by atoms with Crippen molar-refractivity contribution in [2.45, 2.75) is 206 Å². The maximum atomic E-state index is 12.6. The van der Waals surface area contributed by atoms with E-state index in [9.17, 15) is 19.0 Å². The topological polar surface area (TPSA) is 111 Å². The summed E-state index contributed by atoms with van der Waals surface area (Å²) in [6.07, 6.45) is 44.7. The molecular weight excluding hydrogens is 737 g/mol. The molecule has 0 radical (unpaired) electrons. The number of carbonyl (C=O) groups excluding carboxylic acids is 2. The molecule has 57 heavy (non-hydrogen) atoms. The second kappa shape index (κ2) is 39.7. The number of hydrogen-bond acceptors (Lipinski definition) is 8. The van der Waals surface area contributed by atoms with Crippen molar-refractivity contribution in [2.75, 3.05) is 47.5 Å². The molecule has 9 nitrogen and oxygen atoms in total. The number of hydrogen-bond donors (Lipinski definition) is 0. The first kappa shape index (κ1) is 55.2. The highest BCUT2D eigenvalue weighted by atomic mass is 31.2. The fourth-order valence-electron chi connectivity index (χ4n) is 6.32. The average molecular weight is 826 g/mol. The number of nitrogens with zero attached hydrogens (tertiary/aromatic N) is 1. The van der Waals surface area contributed by atoms with Crippen LogP contribution in [0.25, 0.3) is 0 Å². The minimum absolute atomic E-state index is 0.0360. The lowest BCUT2D eigenvalue weighted by Crippen LogP contribution is -2.37. The molecule has 0 bridgehead atoms. The number of rotatable bonds is 42. The fourth-order valence-corrected chi connectivity index (χ4v) is 7.05. The van der Waals surface area contributed by atoms with Crippen molar-refractivity contribution < 1.29 is 42.1 Å². The van der Waals surface area contributed by atoms with E-state index in [1.54, 1.807) is 0 Å². The van der Waals surface area contributed by atoms with Crippen LogP contribution >= 0.6 is 7.82 Å². The van der Waals surface area contributed by atoms with Gasteiger partial charge in [0.1, 0.15) is 19.8 Å². The Bertz CT molecular complexity index is 1070. The molecule has 0 aromatic heterocycles. The van der Waals surface area contributed by atoms with E-state index in [0.29, 0.717) is 17.4 Å². The third kappa shape index (κ3) is 43.6. The molecule has 0 aliphatic carbocycles. The number of ether oxygens (including phenoxy) is 2. The monoisotopic (exact) mass is 826 g/mol. The Balaban J connectivity index is 4.27. The lowest BCUT2D eigenvalue weighted by Gasteiger charge is -2.28. The standard InChI is InChI=1S/C47H88NO8P/c1-6-8-10-12-14-16-18-20-21-22-23-24-25-26-28-29-31-33-35-37-39-46(49)53-43-45(44-55-57(51,52)54-42-41-48(3,4)5)56-47(50)40-38-36-34-32-30-27-19-17-15-13-11-9-7-2/h9,11,15,17,27,30,45H,6-8,10,12-14,16,18-26,28-29,31-44H2,1-5H3/b11-9-,17-15-,30-27-. The number of quaternary nitrogens is 1. The lowest BCUT2D eigenvalue weighted by atomic mass is 10.0. The van der Waals surface area contributed by atoms with E-state index in [-0.39, 0.29) is 32.0 Å². The van der Waals surface area contributed by atoms with Crippen molar-refractivity contribution in [3.05, 3.63) is 36.5 Å². The van der Waals surface area contributed by atoms with Crippen molar-refractivity contribution in [3.8, 4) is 0 Å². The maximum Gasteiger partial charge on any atom is 0.306 e. The summed E-state index contributed by atoms with van der Waals surface area (Å²) in [6.45, 7) is 4.09. The van der Waals surface area contributed by atoms with Crippen LogP contribution in [0.2, 0.25) is 0 Å². The minimum atomic E-state index is -4.63. The Morgan fingerprint density at radius 1 is 0.561 bits per heavy atom. The molecule has 0 saturated carbocycles. The molecule has 2 unspecified atom stereocenters. The zero-order chi connectivity index (χ0) is 42.1. The predicted octanol–water partition coefficient (Wildman–Crippen LogP) is 12.7. The maximum absolute atomic E-state index is 12.6. The van der Waals surface area contributed by atoms with Gasteiger partial charge in [-0.05, 0) is 44.9 Å². The molecule has 0 aromatic carbocycles. The van der Waals surface area contributed by atoms with Crippen molar-refractivity contribution in [2.24, 2.45) is 0 Å². The third-order valence-corrected chi connectivity index (χ3v) is 10.9. The van der Waals surface area contributed by atoms with Crippen LogP contribution in [-0.4, -0.2) is 70.0 Å². The predicted molar refractivity (Wildman–Crippen MR) is 236 cm³/mol. The third-order valence-electron chi connectivity index (χ3n) is 9.92. The normalized spacial score (nSPS) is 13.9. The van der Waals surface area contributed by atoms with Gasteiger partial charge in [0.05, 0.1) is 27.7 Å². The number of esters is 2. The van der Waals surface area contributed by atoms with Crippen LogP contribution in [0.3, 0.4) is 0 Å². The van der Waals surface area contributed by atoms with Gasteiger partial charge in [0.25, 0.3) is 7.82 Å². The summed E-state index contributed by atoms with van der Waals surface area (Å²) in [4.78, 5) is 37.5. The van der Waals surface area contributed by atoms with Crippen molar-refractivity contribution in [1.29, 1.82) is 0 Å². The number of allylic oxidation sites excluding steroid dienone is 6. The van der Waals surface area contributed by atoms with Gasteiger partial charge in [-0.25, -0.2) is 0 Å². The first-order valence-electron chi connectivity index (χ1n) is 23.2. The van der Waals surface area contributed by atoms with Crippen molar-refractivity contribution in [3.63, 3.8) is 0 Å². The summed E-state index contributed by atoms with van der Waals surface area (Å²) >= 11 is 0. The molecule has 10 heteroatoms. The average Bonchev–Trinajstić information content (AvgIpc) is 3.16. The number of phosphoric acid groups is 1. The molecule has 0 aliphatic heterocycles. The van der Waals surface area contributed by atoms with Crippen molar-refractivity contribution >= 4 is 19.8 Å². The zero-order valence-corrected chi connectivity index (χ0v) is 38.4. The fraction of sp³-hybridized carbons (Fsp3) is 0.830. The van der Waals surface area contributed by atoms with Crippen LogP contribution in [0, 0.1) is 0 Å². The minimum Gasteiger partial charge on any atom is -0.756 e. The summed E-state index contributed by atoms with van der Waals surface area (Å²) in [5.74, 6) is -0.863. The molecule has 0 N–H and O–H groups in total. The van der Waals surface area contributed by atoms with Crippen LogP contribution in [-0.2, 0) is 32.7 Å². The zero-order valence-electron chi connectivity index (χ0n) is 37.5. The molecule has 0 saturated heterocycles. The first-order chi connectivity index (χ1) is 27.5. The summed E-state index contributed by atoms with van der Waals surface area (Å²) in [6, 6.07) is 0. The summed E-state index contributed by atoms with van der Waals surface area (Å²) in [5, 5.41) is 0. The lowest BCUT2D eigenvalue weighted by molar-refractivity contribution is -0.870. The highest BCUT2D eigenvalue weighted by molar-refractivity contribution is 7.45. The van der Waals surface area contributed by atoms with E-state index in [1.165, 1.54) is 109 Å². The Morgan fingerprint density at radius 2 is 1.00 bits per heavy atom. The van der Waals surface area contributed by atoms with Crippen LogP contribution in [0.5, 0.6) is 0 Å². The summed E-state index contributed by atoms with van der Waals surface area (Å²) in [7, 11) is 1.15. The first-order valence-corrected chi connectivity index (χ1v) is 24.7. The van der Waals surface area contributed by atoms with Crippen molar-refractivity contribution in [1.82, 2.24) is 0 Å². The van der Waals surface area contributed by atoms with E-state index >= 15 is 0 Å². The van der Waals surface area contributed by atoms with Crippen LogP contribution in [0.1, 0.15) is 200 Å². The van der Waals surface area contributed by atoms with E-state index in [4.69, 9.17) is 18.5 Å². The second-order valence-corrected chi connectivity index (χ2v) is 18.2. The van der Waals surface area contributed by atoms with E-state index < -0.39 is 26.5 Å². The van der Waals surface area contributed by atoms with Gasteiger partial charge in [0.2, 0.25) is 0 Å². The molecule has 0 rings (SSSR count). The molecule has 2 atom stereocenters. The number of phosphoric ester groups is 1. The van der Waals surface area contributed by atoms with Gasteiger partial charge in [-0.2, -0.15) is 0 Å². The van der Waals surface area contributed by atoms with Crippen LogP contribution in [0.4, 0.5) is 0 Å². The Labute approximate surface area is 351 Å². The molecule has 334 valence electrons.